The van der Waals surface area contributed by atoms with Crippen LogP contribution in [0.4, 0.5) is 0 Å². The topological polar surface area (TPSA) is 30.0 Å². The average molecular weight is 231 g/mol. The van der Waals surface area contributed by atoms with Gasteiger partial charge in [-0.2, -0.15) is 0 Å². The largest absolute Gasteiger partial charge is 0.297 e. The molecule has 2 aromatic rings. The number of carbonyl (C=O) groups is 1. The monoisotopic (exact) mass is 231 g/mol. The van der Waals surface area contributed by atoms with Gasteiger partial charge >= 0.3 is 0 Å². The Morgan fingerprint density at radius 2 is 1.94 bits per heavy atom. The van der Waals surface area contributed by atoms with Gasteiger partial charge in [-0.3, -0.25) is 4.79 Å². The fourth-order valence-corrected chi connectivity index (χ4v) is 2.46. The number of thiazole rings is 1. The third kappa shape index (κ3) is 1.91. The van der Waals surface area contributed by atoms with Crippen LogP contribution in [0, 0.1) is 0 Å². The minimum Gasteiger partial charge on any atom is -0.297 e. The Bertz CT molecular complexity index is 488. The number of hydrogen-bond donors (Lipinski definition) is 0. The normalized spacial score (nSPS) is 11.4. The van der Waals surface area contributed by atoms with Gasteiger partial charge in [0.2, 0.25) is 0 Å². The molecule has 0 radical (unpaired) electrons. The molecular formula is C13H13NOS. The summed E-state index contributed by atoms with van der Waals surface area (Å²) in [5.41, 5.74) is 1.06. The van der Waals surface area contributed by atoms with Crippen LogP contribution in [0.1, 0.15) is 34.1 Å². The highest BCUT2D eigenvalue weighted by molar-refractivity contribution is 7.13. The van der Waals surface area contributed by atoms with Gasteiger partial charge in [-0.1, -0.05) is 30.3 Å². The summed E-state index contributed by atoms with van der Waals surface area (Å²) in [6.45, 7) is 4.24. The summed E-state index contributed by atoms with van der Waals surface area (Å²) in [7, 11) is 0. The molecule has 0 amide bonds. The lowest BCUT2D eigenvalue weighted by atomic mass is 9.85. The standard InChI is InChI=1S/C13H13NOS/c1-13(2,10-6-4-3-5-7-10)12-14-8-11(9-15)16-12/h3-9H,1-2H3. The van der Waals surface area contributed by atoms with Crippen molar-refractivity contribution < 1.29 is 4.79 Å². The molecule has 1 aromatic heterocycles. The van der Waals surface area contributed by atoms with Crippen molar-refractivity contribution in [2.24, 2.45) is 0 Å². The van der Waals surface area contributed by atoms with E-state index in [2.05, 4.69) is 31.0 Å². The van der Waals surface area contributed by atoms with E-state index in [1.807, 2.05) is 18.2 Å². The van der Waals surface area contributed by atoms with Crippen LogP contribution in [0.5, 0.6) is 0 Å². The van der Waals surface area contributed by atoms with Gasteiger partial charge in [-0.05, 0) is 19.4 Å². The Morgan fingerprint density at radius 3 is 2.50 bits per heavy atom. The van der Waals surface area contributed by atoms with E-state index in [9.17, 15) is 4.79 Å². The Balaban J connectivity index is 2.42. The minimum absolute atomic E-state index is 0.146. The van der Waals surface area contributed by atoms with Crippen LogP contribution in [0.3, 0.4) is 0 Å². The maximum absolute atomic E-state index is 10.7. The number of carbonyl (C=O) groups excluding carboxylic acids is 1. The van der Waals surface area contributed by atoms with E-state index in [1.165, 1.54) is 16.9 Å². The lowest BCUT2D eigenvalue weighted by Gasteiger charge is -2.22. The molecule has 16 heavy (non-hydrogen) atoms. The van der Waals surface area contributed by atoms with Crippen LogP contribution >= 0.6 is 11.3 Å². The van der Waals surface area contributed by atoms with Crippen molar-refractivity contribution in [3.8, 4) is 0 Å². The summed E-state index contributed by atoms with van der Waals surface area (Å²) in [5.74, 6) is 0. The molecule has 0 saturated heterocycles. The molecular weight excluding hydrogens is 218 g/mol. The molecule has 0 saturated carbocycles. The number of hydrogen-bond acceptors (Lipinski definition) is 3. The van der Waals surface area contributed by atoms with Gasteiger partial charge in [0.1, 0.15) is 5.01 Å². The third-order valence-electron chi connectivity index (χ3n) is 2.67. The number of aromatic nitrogens is 1. The first-order valence-corrected chi connectivity index (χ1v) is 5.93. The van der Waals surface area contributed by atoms with Gasteiger partial charge in [-0.25, -0.2) is 4.98 Å². The van der Waals surface area contributed by atoms with E-state index in [0.29, 0.717) is 4.88 Å². The van der Waals surface area contributed by atoms with E-state index >= 15 is 0 Å². The number of rotatable bonds is 3. The molecule has 3 heteroatoms. The molecule has 0 aliphatic carbocycles. The molecule has 0 atom stereocenters. The van der Waals surface area contributed by atoms with Gasteiger partial charge < -0.3 is 0 Å². The van der Waals surface area contributed by atoms with Crippen LogP contribution < -0.4 is 0 Å². The highest BCUT2D eigenvalue weighted by Gasteiger charge is 2.26. The summed E-state index contributed by atoms with van der Waals surface area (Å²) >= 11 is 1.46. The molecule has 0 N–H and O–H groups in total. The van der Waals surface area contributed by atoms with Gasteiger partial charge in [0.15, 0.2) is 6.29 Å². The first-order chi connectivity index (χ1) is 7.64. The van der Waals surface area contributed by atoms with Crippen LogP contribution in [0.2, 0.25) is 0 Å². The van der Waals surface area contributed by atoms with Crippen molar-refractivity contribution in [3.05, 3.63) is 52.0 Å². The van der Waals surface area contributed by atoms with E-state index < -0.39 is 0 Å². The van der Waals surface area contributed by atoms with Gasteiger partial charge in [0.05, 0.1) is 4.88 Å². The van der Waals surface area contributed by atoms with E-state index in [-0.39, 0.29) is 5.41 Å². The molecule has 0 aliphatic heterocycles. The second kappa shape index (κ2) is 4.18. The summed E-state index contributed by atoms with van der Waals surface area (Å²) in [6, 6.07) is 10.2. The molecule has 2 nitrogen and oxygen atoms in total. The molecule has 0 spiro atoms. The fraction of sp³-hybridized carbons (Fsp3) is 0.231. The van der Waals surface area contributed by atoms with Crippen molar-refractivity contribution >= 4 is 17.6 Å². The second-order valence-corrected chi connectivity index (χ2v) is 5.24. The van der Waals surface area contributed by atoms with E-state index in [0.717, 1.165) is 11.3 Å². The Hall–Kier alpha value is -1.48. The highest BCUT2D eigenvalue weighted by Crippen LogP contribution is 2.33. The second-order valence-electron chi connectivity index (χ2n) is 4.18. The Kier molecular flexibility index (Phi) is 2.88. The van der Waals surface area contributed by atoms with Gasteiger partial charge in [0, 0.05) is 11.6 Å². The van der Waals surface area contributed by atoms with Crippen molar-refractivity contribution in [2.75, 3.05) is 0 Å². The van der Waals surface area contributed by atoms with Crippen LogP contribution in [-0.2, 0) is 5.41 Å². The Morgan fingerprint density at radius 1 is 1.25 bits per heavy atom. The van der Waals surface area contributed by atoms with Gasteiger partial charge in [-0.15, -0.1) is 11.3 Å². The van der Waals surface area contributed by atoms with Crippen molar-refractivity contribution in [2.45, 2.75) is 19.3 Å². The zero-order valence-corrected chi connectivity index (χ0v) is 10.1. The summed E-state index contributed by atoms with van der Waals surface area (Å²) < 4.78 is 0. The van der Waals surface area contributed by atoms with Crippen molar-refractivity contribution in [1.82, 2.24) is 4.98 Å². The quantitative estimate of drug-likeness (QED) is 0.759. The third-order valence-corrected chi connectivity index (χ3v) is 3.92. The highest BCUT2D eigenvalue weighted by atomic mass is 32.1. The lowest BCUT2D eigenvalue weighted by molar-refractivity contribution is 0.112. The summed E-state index contributed by atoms with van der Waals surface area (Å²) in [5, 5.41) is 0.973. The zero-order chi connectivity index (χ0) is 11.6. The summed E-state index contributed by atoms with van der Waals surface area (Å²) in [4.78, 5) is 15.7. The van der Waals surface area contributed by atoms with Gasteiger partial charge in [0.25, 0.3) is 0 Å². The lowest BCUT2D eigenvalue weighted by Crippen LogP contribution is -2.18. The predicted molar refractivity (Wildman–Crippen MR) is 66.1 cm³/mol. The SMILES string of the molecule is CC(C)(c1ccccc1)c1ncc(C=O)s1. The summed E-state index contributed by atoms with van der Waals surface area (Å²) in [6.07, 6.45) is 2.49. The number of benzene rings is 1. The molecule has 1 aromatic carbocycles. The van der Waals surface area contributed by atoms with Crippen molar-refractivity contribution in [3.63, 3.8) is 0 Å². The zero-order valence-electron chi connectivity index (χ0n) is 9.31. The number of nitrogens with zero attached hydrogens (tertiary/aromatic N) is 1. The smallest absolute Gasteiger partial charge is 0.161 e. The number of aldehydes is 1. The first kappa shape index (κ1) is 11.0. The van der Waals surface area contributed by atoms with E-state index in [4.69, 9.17) is 0 Å². The van der Waals surface area contributed by atoms with Crippen LogP contribution in [0.25, 0.3) is 0 Å². The molecule has 0 bridgehead atoms. The minimum atomic E-state index is -0.146. The van der Waals surface area contributed by atoms with Crippen molar-refractivity contribution in [1.29, 1.82) is 0 Å². The van der Waals surface area contributed by atoms with Crippen LogP contribution in [0.15, 0.2) is 36.5 Å². The fourth-order valence-electron chi connectivity index (χ4n) is 1.61. The molecule has 1 heterocycles. The molecule has 0 unspecified atom stereocenters. The maximum atomic E-state index is 10.7. The van der Waals surface area contributed by atoms with Crippen LogP contribution in [-0.4, -0.2) is 11.3 Å². The first-order valence-electron chi connectivity index (χ1n) is 5.11. The molecule has 2 rings (SSSR count). The maximum Gasteiger partial charge on any atom is 0.161 e. The predicted octanol–water partition coefficient (Wildman–Crippen LogP) is 3.28. The molecule has 0 fully saturated rings. The molecule has 82 valence electrons. The van der Waals surface area contributed by atoms with E-state index in [1.54, 1.807) is 6.20 Å². The Labute approximate surface area is 99.0 Å². The molecule has 0 aliphatic rings. The average Bonchev–Trinajstić information content (AvgIpc) is 2.79.